The molecular weight excluding hydrogens is 165 g/mol. The van der Waals surface area contributed by atoms with Gasteiger partial charge in [-0.2, -0.15) is 0 Å². The molecule has 0 heterocycles. The normalized spacial score (nSPS) is 13.3. The molecule has 0 aromatic heterocycles. The van der Waals surface area contributed by atoms with E-state index in [9.17, 15) is 12.3 Å². The highest BCUT2D eigenvalue weighted by atomic mass is 28.5. The molecule has 0 bridgehead atoms. The first-order valence-electron chi connectivity index (χ1n) is 2.70. The second kappa shape index (κ2) is 4.07. The molecule has 0 aromatic carbocycles. The third-order valence-corrected chi connectivity index (χ3v) is 4.01. The van der Waals surface area contributed by atoms with E-state index in [1.54, 1.807) is 6.92 Å². The molecule has 0 rings (SSSR count). The molecular formula is C3H9F3OSi2. The third kappa shape index (κ3) is 4.67. The maximum atomic E-state index is 12.1. The summed E-state index contributed by atoms with van der Waals surface area (Å²) in [7, 11) is -6.92. The number of rotatable bonds is 4. The zero-order valence-electron chi connectivity index (χ0n) is 5.16. The van der Waals surface area contributed by atoms with Crippen molar-refractivity contribution in [2.24, 2.45) is 0 Å². The van der Waals surface area contributed by atoms with Crippen LogP contribution >= 0.6 is 0 Å². The van der Waals surface area contributed by atoms with E-state index in [1.165, 1.54) is 0 Å². The summed E-state index contributed by atoms with van der Waals surface area (Å²) in [6, 6.07) is -0.246. The first-order valence-corrected chi connectivity index (χ1v) is 5.68. The Labute approximate surface area is 55.8 Å². The lowest BCUT2D eigenvalue weighted by atomic mass is 10.6. The highest BCUT2D eigenvalue weighted by molar-refractivity contribution is 6.63. The molecule has 0 aliphatic carbocycles. The molecule has 0 unspecified atom stereocenters. The largest absolute Gasteiger partial charge is 0.568 e. The van der Waals surface area contributed by atoms with Crippen LogP contribution in [0.2, 0.25) is 6.04 Å². The lowest BCUT2D eigenvalue weighted by Crippen LogP contribution is -2.27. The predicted molar refractivity (Wildman–Crippen MR) is 33.8 cm³/mol. The van der Waals surface area contributed by atoms with E-state index < -0.39 is 19.1 Å². The van der Waals surface area contributed by atoms with Crippen LogP contribution in [0.5, 0.6) is 0 Å². The van der Waals surface area contributed by atoms with Crippen molar-refractivity contribution >= 4 is 19.1 Å². The topological polar surface area (TPSA) is 9.23 Å². The van der Waals surface area contributed by atoms with Gasteiger partial charge in [0, 0.05) is 6.04 Å². The summed E-state index contributed by atoms with van der Waals surface area (Å²) in [6.07, 6.45) is 0.369. The van der Waals surface area contributed by atoms with Gasteiger partial charge in [0.05, 0.1) is 0 Å². The van der Waals surface area contributed by atoms with Gasteiger partial charge in [0.1, 0.15) is 0 Å². The van der Waals surface area contributed by atoms with Gasteiger partial charge in [-0.3, -0.25) is 4.11 Å². The molecule has 0 spiro atoms. The molecule has 1 nitrogen and oxygen atoms in total. The van der Waals surface area contributed by atoms with Crippen molar-refractivity contribution in [3.8, 4) is 0 Å². The summed E-state index contributed by atoms with van der Waals surface area (Å²) in [6.45, 7) is 1.63. The summed E-state index contributed by atoms with van der Waals surface area (Å²) >= 11 is 0. The molecule has 56 valence electrons. The van der Waals surface area contributed by atoms with Crippen LogP contribution in [0.1, 0.15) is 13.3 Å². The number of halogens is 3. The van der Waals surface area contributed by atoms with Crippen molar-refractivity contribution in [3.63, 3.8) is 0 Å². The predicted octanol–water partition coefficient (Wildman–Crippen LogP) is 1.26. The van der Waals surface area contributed by atoms with E-state index in [-0.39, 0.29) is 6.04 Å². The molecule has 6 heteroatoms. The fourth-order valence-corrected chi connectivity index (χ4v) is 2.24. The Balaban J connectivity index is 3.43. The molecule has 0 saturated carbocycles. The smallest absolute Gasteiger partial charge is 0.389 e. The maximum absolute atomic E-state index is 12.1. The minimum atomic E-state index is -4.52. The molecule has 0 aliphatic heterocycles. The van der Waals surface area contributed by atoms with E-state index >= 15 is 0 Å². The summed E-state index contributed by atoms with van der Waals surface area (Å²) in [5.41, 5.74) is 0. The van der Waals surface area contributed by atoms with Gasteiger partial charge in [-0.05, 0) is 0 Å². The highest BCUT2D eigenvalue weighted by Crippen LogP contribution is 2.15. The Bertz CT molecular complexity index is 71.5. The average Bonchev–Trinajstić information content (AvgIpc) is 1.64. The Morgan fingerprint density at radius 2 is 2.11 bits per heavy atom. The molecule has 0 atom stereocenters. The zero-order valence-corrected chi connectivity index (χ0v) is 7.58. The van der Waals surface area contributed by atoms with Gasteiger partial charge >= 0.3 is 19.1 Å². The van der Waals surface area contributed by atoms with Crippen molar-refractivity contribution in [1.82, 2.24) is 0 Å². The van der Waals surface area contributed by atoms with Crippen molar-refractivity contribution < 1.29 is 16.4 Å². The van der Waals surface area contributed by atoms with E-state index in [0.717, 1.165) is 0 Å². The van der Waals surface area contributed by atoms with Crippen LogP contribution in [0.25, 0.3) is 0 Å². The molecule has 0 radical (unpaired) electrons. The third-order valence-electron chi connectivity index (χ3n) is 0.807. The molecule has 0 fully saturated rings. The van der Waals surface area contributed by atoms with Crippen molar-refractivity contribution in [1.29, 1.82) is 0 Å². The Hall–Kier alpha value is 0.184. The molecule has 0 saturated heterocycles. The van der Waals surface area contributed by atoms with Gasteiger partial charge in [-0.1, -0.05) is 13.3 Å². The van der Waals surface area contributed by atoms with Crippen LogP contribution in [0.15, 0.2) is 0 Å². The Morgan fingerprint density at radius 1 is 1.56 bits per heavy atom. The van der Waals surface area contributed by atoms with Crippen LogP contribution in [-0.2, 0) is 4.12 Å². The fraction of sp³-hybridized carbons (Fsp3) is 1.00. The fourth-order valence-electron chi connectivity index (χ4n) is 0.443. The maximum Gasteiger partial charge on any atom is 0.568 e. The van der Waals surface area contributed by atoms with Gasteiger partial charge in [0.15, 0.2) is 0 Å². The highest BCUT2D eigenvalue weighted by Gasteiger charge is 2.36. The minimum Gasteiger partial charge on any atom is -0.389 e. The van der Waals surface area contributed by atoms with Gasteiger partial charge < -0.3 is 4.12 Å². The van der Waals surface area contributed by atoms with Gasteiger partial charge in [0.25, 0.3) is 0 Å². The van der Waals surface area contributed by atoms with Gasteiger partial charge in [0.2, 0.25) is 0 Å². The first-order chi connectivity index (χ1) is 4.12. The van der Waals surface area contributed by atoms with Gasteiger partial charge in [-0.25, -0.2) is 8.22 Å². The van der Waals surface area contributed by atoms with E-state index in [0.29, 0.717) is 6.42 Å². The second-order valence-electron chi connectivity index (χ2n) is 1.64. The molecule has 9 heavy (non-hydrogen) atoms. The molecule has 0 aliphatic rings. The summed E-state index contributed by atoms with van der Waals surface area (Å²) < 4.78 is 39.3. The van der Waals surface area contributed by atoms with Crippen LogP contribution in [0, 0.1) is 0 Å². The van der Waals surface area contributed by atoms with Crippen LogP contribution in [-0.4, -0.2) is 19.1 Å². The quantitative estimate of drug-likeness (QED) is 0.460. The van der Waals surface area contributed by atoms with E-state index in [1.807, 2.05) is 0 Å². The van der Waals surface area contributed by atoms with E-state index in [4.69, 9.17) is 0 Å². The summed E-state index contributed by atoms with van der Waals surface area (Å²) in [5, 5.41) is 0. The van der Waals surface area contributed by atoms with Crippen molar-refractivity contribution in [2.45, 2.75) is 19.4 Å². The Morgan fingerprint density at radius 3 is 2.44 bits per heavy atom. The SMILES string of the molecule is CCC[Si](F)(F)O[SiH2]F. The van der Waals surface area contributed by atoms with Crippen molar-refractivity contribution in [3.05, 3.63) is 0 Å². The van der Waals surface area contributed by atoms with Gasteiger partial charge in [-0.15, -0.1) is 0 Å². The van der Waals surface area contributed by atoms with Crippen molar-refractivity contribution in [2.75, 3.05) is 0 Å². The van der Waals surface area contributed by atoms with E-state index in [2.05, 4.69) is 4.12 Å². The van der Waals surface area contributed by atoms with Crippen LogP contribution in [0.4, 0.5) is 12.3 Å². The number of hydrogen-bond donors (Lipinski definition) is 0. The average molecular weight is 174 g/mol. The summed E-state index contributed by atoms with van der Waals surface area (Å²) in [5.74, 6) is 0. The Kier molecular flexibility index (Phi) is 4.16. The molecule has 0 N–H and O–H groups in total. The first kappa shape index (κ1) is 9.18. The zero-order chi connectivity index (χ0) is 7.33. The lowest BCUT2D eigenvalue weighted by Gasteiger charge is -2.08. The molecule has 0 amide bonds. The molecule has 0 aromatic rings. The monoisotopic (exact) mass is 174 g/mol. The summed E-state index contributed by atoms with van der Waals surface area (Å²) in [4.78, 5) is 0. The van der Waals surface area contributed by atoms with Crippen LogP contribution < -0.4 is 0 Å². The number of hydrogen-bond acceptors (Lipinski definition) is 1. The second-order valence-corrected chi connectivity index (χ2v) is 4.79. The standard InChI is InChI=1S/C3H9F3OSi2/c1-2-3-9(5,6)7-8-4/h2-3,8H2,1H3. The van der Waals surface area contributed by atoms with Crippen LogP contribution in [0.3, 0.4) is 0 Å². The lowest BCUT2D eigenvalue weighted by molar-refractivity contribution is 0.368. The minimum absolute atomic E-state index is 0.246.